The van der Waals surface area contributed by atoms with Gasteiger partial charge in [0.2, 0.25) is 0 Å². The number of hydrogen-bond acceptors (Lipinski definition) is 4. The number of carbonyl (C=O) groups is 2. The summed E-state index contributed by atoms with van der Waals surface area (Å²) >= 11 is 0. The molecule has 0 amide bonds. The molecule has 0 aliphatic carbocycles. The molecule has 1 heterocycles. The van der Waals surface area contributed by atoms with E-state index in [1.807, 2.05) is 4.90 Å². The molecule has 98 valence electrons. The summed E-state index contributed by atoms with van der Waals surface area (Å²) in [4.78, 5) is 25.8. The quantitative estimate of drug-likeness (QED) is 0.673. The summed E-state index contributed by atoms with van der Waals surface area (Å²) in [5.74, 6) is -2.88. The first-order valence-electron chi connectivity index (χ1n) is 5.92. The minimum atomic E-state index is -1.05. The van der Waals surface area contributed by atoms with Gasteiger partial charge in [0.1, 0.15) is 0 Å². The number of nitrogens with zero attached hydrogens (tertiary/aromatic N) is 2. The molecule has 1 unspecified atom stereocenters. The van der Waals surface area contributed by atoms with E-state index in [1.54, 1.807) is 0 Å². The smallest absolute Gasteiger partial charge is 0.308 e. The van der Waals surface area contributed by atoms with Gasteiger partial charge in [-0.1, -0.05) is 6.92 Å². The summed E-state index contributed by atoms with van der Waals surface area (Å²) in [7, 11) is 0. The molecule has 0 aromatic heterocycles. The van der Waals surface area contributed by atoms with E-state index in [4.69, 9.17) is 10.2 Å². The van der Waals surface area contributed by atoms with E-state index < -0.39 is 17.9 Å². The first-order valence-corrected chi connectivity index (χ1v) is 5.92. The van der Waals surface area contributed by atoms with Crippen LogP contribution in [0.4, 0.5) is 0 Å². The average molecular weight is 244 g/mol. The van der Waals surface area contributed by atoms with E-state index in [2.05, 4.69) is 11.8 Å². The molecule has 0 aromatic carbocycles. The third-order valence-electron chi connectivity index (χ3n) is 3.16. The van der Waals surface area contributed by atoms with Gasteiger partial charge in [-0.3, -0.25) is 14.5 Å². The van der Waals surface area contributed by atoms with Crippen molar-refractivity contribution >= 4 is 11.9 Å². The molecular formula is C11H20N2O4. The molecule has 0 aromatic rings. The van der Waals surface area contributed by atoms with Crippen LogP contribution in [0.2, 0.25) is 0 Å². The Morgan fingerprint density at radius 3 is 2.06 bits per heavy atom. The highest BCUT2D eigenvalue weighted by atomic mass is 16.4. The van der Waals surface area contributed by atoms with Crippen LogP contribution in [-0.2, 0) is 9.59 Å². The van der Waals surface area contributed by atoms with Crippen LogP contribution in [0.25, 0.3) is 0 Å². The molecular weight excluding hydrogens is 224 g/mol. The molecule has 6 nitrogen and oxygen atoms in total. The fraction of sp³-hybridized carbons (Fsp3) is 0.818. The van der Waals surface area contributed by atoms with Crippen molar-refractivity contribution in [2.24, 2.45) is 5.92 Å². The van der Waals surface area contributed by atoms with Gasteiger partial charge in [0, 0.05) is 32.7 Å². The minimum absolute atomic E-state index is 0.302. The second-order valence-electron chi connectivity index (χ2n) is 4.37. The summed E-state index contributed by atoms with van der Waals surface area (Å²) in [6.45, 7) is 6.92. The third kappa shape index (κ3) is 4.70. The Bertz CT molecular complexity index is 275. The molecule has 1 saturated heterocycles. The molecule has 1 fully saturated rings. The van der Waals surface area contributed by atoms with Crippen LogP contribution >= 0.6 is 0 Å². The number of likely N-dealkylation sites (N-methyl/N-ethyl adjacent to an activating group) is 1. The summed E-state index contributed by atoms with van der Waals surface area (Å²) in [5, 5.41) is 17.6. The van der Waals surface area contributed by atoms with Crippen LogP contribution in [0, 0.1) is 5.92 Å². The third-order valence-corrected chi connectivity index (χ3v) is 3.16. The zero-order valence-electron chi connectivity index (χ0n) is 10.1. The minimum Gasteiger partial charge on any atom is -0.481 e. The fourth-order valence-corrected chi connectivity index (χ4v) is 2.04. The van der Waals surface area contributed by atoms with Crippen LogP contribution in [0.15, 0.2) is 0 Å². The second-order valence-corrected chi connectivity index (χ2v) is 4.37. The molecule has 0 bridgehead atoms. The summed E-state index contributed by atoms with van der Waals surface area (Å²) in [6, 6.07) is 0. The zero-order chi connectivity index (χ0) is 12.8. The van der Waals surface area contributed by atoms with Crippen LogP contribution in [0.1, 0.15) is 13.3 Å². The molecule has 0 saturated carbocycles. The van der Waals surface area contributed by atoms with Crippen LogP contribution in [0.5, 0.6) is 0 Å². The molecule has 2 N–H and O–H groups in total. The Labute approximate surface area is 101 Å². The molecule has 17 heavy (non-hydrogen) atoms. The Hall–Kier alpha value is -1.14. The van der Waals surface area contributed by atoms with Crippen molar-refractivity contribution in [3.8, 4) is 0 Å². The van der Waals surface area contributed by atoms with Gasteiger partial charge < -0.3 is 15.1 Å². The number of carboxylic acids is 2. The second kappa shape index (κ2) is 6.56. The highest BCUT2D eigenvalue weighted by molar-refractivity contribution is 5.77. The maximum Gasteiger partial charge on any atom is 0.308 e. The largest absolute Gasteiger partial charge is 0.481 e. The average Bonchev–Trinajstić information content (AvgIpc) is 2.28. The number of piperazine rings is 1. The van der Waals surface area contributed by atoms with Crippen LogP contribution in [-0.4, -0.2) is 71.2 Å². The highest BCUT2D eigenvalue weighted by Gasteiger charge is 2.25. The molecule has 6 heteroatoms. The van der Waals surface area contributed by atoms with Gasteiger partial charge >= 0.3 is 11.9 Å². The van der Waals surface area contributed by atoms with Gasteiger partial charge in [-0.05, 0) is 6.54 Å². The van der Waals surface area contributed by atoms with Crippen molar-refractivity contribution in [3.63, 3.8) is 0 Å². The zero-order valence-corrected chi connectivity index (χ0v) is 10.1. The van der Waals surface area contributed by atoms with Crippen LogP contribution in [0.3, 0.4) is 0 Å². The van der Waals surface area contributed by atoms with Gasteiger partial charge in [-0.25, -0.2) is 0 Å². The van der Waals surface area contributed by atoms with Crippen molar-refractivity contribution in [3.05, 3.63) is 0 Å². The van der Waals surface area contributed by atoms with Gasteiger partial charge in [-0.2, -0.15) is 0 Å². The lowest BCUT2D eigenvalue weighted by atomic mass is 10.0. The van der Waals surface area contributed by atoms with Crippen molar-refractivity contribution in [1.29, 1.82) is 0 Å². The predicted molar refractivity (Wildman–Crippen MR) is 61.9 cm³/mol. The number of hydrogen-bond donors (Lipinski definition) is 2. The summed E-state index contributed by atoms with van der Waals surface area (Å²) in [5.41, 5.74) is 0. The van der Waals surface area contributed by atoms with E-state index in [1.165, 1.54) is 0 Å². The maximum absolute atomic E-state index is 10.9. The van der Waals surface area contributed by atoms with Crippen molar-refractivity contribution in [1.82, 2.24) is 9.80 Å². The number of aliphatic carboxylic acids is 2. The van der Waals surface area contributed by atoms with E-state index in [0.717, 1.165) is 32.7 Å². The lowest BCUT2D eigenvalue weighted by Crippen LogP contribution is -2.48. The SMILES string of the molecule is CCN1CCN(CC(CC(=O)O)C(=O)O)CC1. The fourth-order valence-electron chi connectivity index (χ4n) is 2.04. The van der Waals surface area contributed by atoms with Crippen molar-refractivity contribution in [2.75, 3.05) is 39.3 Å². The van der Waals surface area contributed by atoms with Crippen molar-refractivity contribution in [2.45, 2.75) is 13.3 Å². The molecule has 0 spiro atoms. The lowest BCUT2D eigenvalue weighted by Gasteiger charge is -2.35. The Morgan fingerprint density at radius 2 is 1.65 bits per heavy atom. The normalized spacial score (nSPS) is 20.1. The Morgan fingerprint density at radius 1 is 1.12 bits per heavy atom. The van der Waals surface area contributed by atoms with Gasteiger partial charge in [0.05, 0.1) is 12.3 Å². The molecule has 1 atom stereocenters. The van der Waals surface area contributed by atoms with E-state index in [-0.39, 0.29) is 6.42 Å². The number of rotatable bonds is 6. The van der Waals surface area contributed by atoms with Gasteiger partial charge in [0.15, 0.2) is 0 Å². The molecule has 0 radical (unpaired) electrons. The van der Waals surface area contributed by atoms with E-state index >= 15 is 0 Å². The number of carboxylic acid groups (broad SMARTS) is 2. The summed E-state index contributed by atoms with van der Waals surface area (Å²) in [6.07, 6.45) is -0.302. The Kier molecular flexibility index (Phi) is 5.37. The lowest BCUT2D eigenvalue weighted by molar-refractivity contribution is -0.149. The van der Waals surface area contributed by atoms with Gasteiger partial charge in [0.25, 0.3) is 0 Å². The Balaban J connectivity index is 2.40. The standard InChI is InChI=1S/C11H20N2O4/c1-2-12-3-5-13(6-4-12)8-9(11(16)17)7-10(14)15/h9H,2-8H2,1H3,(H,14,15)(H,16,17). The van der Waals surface area contributed by atoms with Crippen molar-refractivity contribution < 1.29 is 19.8 Å². The van der Waals surface area contributed by atoms with Crippen LogP contribution < -0.4 is 0 Å². The first kappa shape index (κ1) is 13.9. The topological polar surface area (TPSA) is 81.1 Å². The first-order chi connectivity index (χ1) is 8.02. The van der Waals surface area contributed by atoms with E-state index in [0.29, 0.717) is 6.54 Å². The predicted octanol–water partition coefficient (Wildman–Crippen LogP) is -0.201. The molecule has 1 rings (SSSR count). The highest BCUT2D eigenvalue weighted by Crippen LogP contribution is 2.09. The monoisotopic (exact) mass is 244 g/mol. The molecule has 1 aliphatic rings. The summed E-state index contributed by atoms with van der Waals surface area (Å²) < 4.78 is 0. The molecule has 1 aliphatic heterocycles. The maximum atomic E-state index is 10.9. The van der Waals surface area contributed by atoms with E-state index in [9.17, 15) is 9.59 Å². The van der Waals surface area contributed by atoms with Gasteiger partial charge in [-0.15, -0.1) is 0 Å².